The number of ether oxygens (including phenoxy) is 3. The van der Waals surface area contributed by atoms with Crippen molar-refractivity contribution in [2.75, 3.05) is 13.2 Å². The molecule has 0 amide bonds. The molecule has 0 saturated heterocycles. The summed E-state index contributed by atoms with van der Waals surface area (Å²) in [4.78, 5) is 38.3. The Morgan fingerprint density at radius 1 is 0.274 bits per heavy atom. The van der Waals surface area contributed by atoms with Crippen molar-refractivity contribution in [3.63, 3.8) is 0 Å². The van der Waals surface area contributed by atoms with E-state index >= 15 is 0 Å². The van der Waals surface area contributed by atoms with Crippen molar-refractivity contribution >= 4 is 17.9 Å². The third-order valence-electron chi connectivity index (χ3n) is 12.7. The molecular weight excluding hydrogens is 901 g/mol. The fraction of sp³-hybridized carbons (Fsp3) is 0.687. The van der Waals surface area contributed by atoms with Crippen molar-refractivity contribution in [2.24, 2.45) is 0 Å². The first-order valence-electron chi connectivity index (χ1n) is 30.4. The van der Waals surface area contributed by atoms with Crippen LogP contribution in [0.3, 0.4) is 0 Å². The molecule has 0 aliphatic rings. The number of allylic oxidation sites excluding steroid dienone is 18. The number of carbonyl (C=O) groups is 3. The minimum absolute atomic E-state index is 0.103. The van der Waals surface area contributed by atoms with Gasteiger partial charge in [-0.2, -0.15) is 0 Å². The Morgan fingerprint density at radius 2 is 0.493 bits per heavy atom. The molecule has 0 spiro atoms. The smallest absolute Gasteiger partial charge is 0.306 e. The Hall–Kier alpha value is -3.93. The summed E-state index contributed by atoms with van der Waals surface area (Å²) in [6.45, 7) is 6.52. The van der Waals surface area contributed by atoms with Gasteiger partial charge in [-0.3, -0.25) is 14.4 Å². The zero-order chi connectivity index (χ0) is 52.9. The van der Waals surface area contributed by atoms with Gasteiger partial charge in [0, 0.05) is 19.3 Å². The molecule has 0 aliphatic heterocycles. The first kappa shape index (κ1) is 69.1. The number of carbonyl (C=O) groups excluding carboxylic acids is 3. The summed E-state index contributed by atoms with van der Waals surface area (Å²) in [5.74, 6) is -0.954. The number of unbranched alkanes of at least 4 members (excludes halogenated alkanes) is 25. The van der Waals surface area contributed by atoms with Gasteiger partial charge in [-0.15, -0.1) is 0 Å². The summed E-state index contributed by atoms with van der Waals surface area (Å²) in [5, 5.41) is 0. The Labute approximate surface area is 450 Å². The zero-order valence-corrected chi connectivity index (χ0v) is 47.6. The molecule has 0 fully saturated rings. The van der Waals surface area contributed by atoms with Gasteiger partial charge in [0.1, 0.15) is 13.2 Å². The SMILES string of the molecule is CCCCC/C=C\C/C=C\C/C=C\C/C=C\CCCCCC(=O)OC[C@@H](COC(=O)CCCCCC/C=C\C/C=C\C/C=C\CCCCC)OC(=O)CCCCCCCCCCC/C=C\C/C=C\CCCCC. The molecule has 0 radical (unpaired) electrons. The fourth-order valence-corrected chi connectivity index (χ4v) is 8.11. The van der Waals surface area contributed by atoms with E-state index in [0.29, 0.717) is 19.3 Å². The fourth-order valence-electron chi connectivity index (χ4n) is 8.11. The zero-order valence-electron chi connectivity index (χ0n) is 47.6. The van der Waals surface area contributed by atoms with Crippen LogP contribution >= 0.6 is 0 Å². The van der Waals surface area contributed by atoms with E-state index in [1.165, 1.54) is 122 Å². The van der Waals surface area contributed by atoms with Gasteiger partial charge in [0.05, 0.1) is 0 Å². The van der Waals surface area contributed by atoms with E-state index in [4.69, 9.17) is 14.2 Å². The first-order valence-corrected chi connectivity index (χ1v) is 30.4. The second-order valence-corrected chi connectivity index (χ2v) is 19.9. The standard InChI is InChI=1S/C67H112O6/c1-4-7-10-13-16-19-22-25-28-31-33-36-39-42-45-48-51-54-57-60-66(69)72-63-64(62-71-65(68)59-56-53-50-47-44-41-38-35-30-27-24-21-18-15-12-9-6-3)73-67(70)61-58-55-52-49-46-43-40-37-34-32-29-26-23-20-17-14-11-8-5-2/h16-21,25-30,33,36,38,41-42,45,64H,4-15,22-24,31-32,34-35,37,39-40,43-44,46-63H2,1-3H3/b19-16-,20-17-,21-18-,28-25-,29-26-,30-27-,36-33-,41-38-,45-42-/t64-/m1/s1. The van der Waals surface area contributed by atoms with Crippen LogP contribution in [0.15, 0.2) is 109 Å². The van der Waals surface area contributed by atoms with E-state index < -0.39 is 6.10 Å². The summed E-state index contributed by atoms with van der Waals surface area (Å²) < 4.78 is 16.9. The van der Waals surface area contributed by atoms with Crippen LogP contribution in [-0.4, -0.2) is 37.2 Å². The normalized spacial score (nSPS) is 12.9. The van der Waals surface area contributed by atoms with Crippen LogP contribution in [0.25, 0.3) is 0 Å². The lowest BCUT2D eigenvalue weighted by Gasteiger charge is -2.18. The lowest BCUT2D eigenvalue weighted by molar-refractivity contribution is -0.167. The van der Waals surface area contributed by atoms with Crippen molar-refractivity contribution in [3.05, 3.63) is 109 Å². The van der Waals surface area contributed by atoms with Crippen LogP contribution in [0.1, 0.15) is 278 Å². The predicted octanol–water partition coefficient (Wildman–Crippen LogP) is 20.7. The third-order valence-corrected chi connectivity index (χ3v) is 12.7. The maximum absolute atomic E-state index is 12.9. The highest BCUT2D eigenvalue weighted by Crippen LogP contribution is 2.14. The van der Waals surface area contributed by atoms with Crippen LogP contribution < -0.4 is 0 Å². The minimum atomic E-state index is -0.806. The summed E-state index contributed by atoms with van der Waals surface area (Å²) in [6.07, 6.45) is 82.1. The van der Waals surface area contributed by atoms with Gasteiger partial charge in [0.2, 0.25) is 0 Å². The first-order chi connectivity index (χ1) is 36.0. The maximum atomic E-state index is 12.9. The lowest BCUT2D eigenvalue weighted by atomic mass is 10.1. The van der Waals surface area contributed by atoms with Gasteiger partial charge < -0.3 is 14.2 Å². The molecule has 0 heterocycles. The second kappa shape index (κ2) is 60.6. The van der Waals surface area contributed by atoms with Crippen molar-refractivity contribution in [1.82, 2.24) is 0 Å². The number of hydrogen-bond acceptors (Lipinski definition) is 6. The van der Waals surface area contributed by atoms with E-state index in [1.54, 1.807) is 0 Å². The number of hydrogen-bond donors (Lipinski definition) is 0. The van der Waals surface area contributed by atoms with E-state index in [0.717, 1.165) is 116 Å². The maximum Gasteiger partial charge on any atom is 0.306 e. The quantitative estimate of drug-likeness (QED) is 0.0261. The third kappa shape index (κ3) is 58.8. The Kier molecular flexibility index (Phi) is 57.4. The Balaban J connectivity index is 4.50. The van der Waals surface area contributed by atoms with Crippen LogP contribution in [-0.2, 0) is 28.6 Å². The van der Waals surface area contributed by atoms with Crippen molar-refractivity contribution < 1.29 is 28.6 Å². The van der Waals surface area contributed by atoms with E-state index in [2.05, 4.69) is 130 Å². The summed E-state index contributed by atoms with van der Waals surface area (Å²) >= 11 is 0. The molecule has 0 N–H and O–H groups in total. The molecule has 6 nitrogen and oxygen atoms in total. The Bertz CT molecular complexity index is 1490. The van der Waals surface area contributed by atoms with Gasteiger partial charge in [-0.1, -0.05) is 233 Å². The van der Waals surface area contributed by atoms with Gasteiger partial charge in [-0.25, -0.2) is 0 Å². The highest BCUT2D eigenvalue weighted by molar-refractivity contribution is 5.71. The summed E-state index contributed by atoms with van der Waals surface area (Å²) in [6, 6.07) is 0. The van der Waals surface area contributed by atoms with Crippen LogP contribution in [0.4, 0.5) is 0 Å². The second-order valence-electron chi connectivity index (χ2n) is 19.9. The van der Waals surface area contributed by atoms with Crippen LogP contribution in [0.5, 0.6) is 0 Å². The largest absolute Gasteiger partial charge is 0.462 e. The molecule has 0 aromatic heterocycles. The van der Waals surface area contributed by atoms with E-state index in [1.807, 2.05) is 0 Å². The van der Waals surface area contributed by atoms with Crippen molar-refractivity contribution in [2.45, 2.75) is 284 Å². The van der Waals surface area contributed by atoms with Crippen LogP contribution in [0.2, 0.25) is 0 Å². The van der Waals surface area contributed by atoms with Gasteiger partial charge in [0.15, 0.2) is 6.10 Å². The van der Waals surface area contributed by atoms with E-state index in [-0.39, 0.29) is 31.1 Å². The molecule has 0 aliphatic carbocycles. The summed E-state index contributed by atoms with van der Waals surface area (Å²) in [7, 11) is 0. The molecule has 416 valence electrons. The minimum Gasteiger partial charge on any atom is -0.462 e. The molecule has 0 saturated carbocycles. The molecule has 0 bridgehead atoms. The van der Waals surface area contributed by atoms with Gasteiger partial charge in [0.25, 0.3) is 0 Å². The Morgan fingerprint density at radius 3 is 0.781 bits per heavy atom. The average molecular weight is 1010 g/mol. The van der Waals surface area contributed by atoms with Gasteiger partial charge >= 0.3 is 17.9 Å². The molecule has 0 aromatic carbocycles. The van der Waals surface area contributed by atoms with Crippen molar-refractivity contribution in [3.8, 4) is 0 Å². The number of esters is 3. The number of rotatable bonds is 54. The molecular formula is C67H112O6. The van der Waals surface area contributed by atoms with Crippen LogP contribution in [0, 0.1) is 0 Å². The monoisotopic (exact) mass is 1010 g/mol. The highest BCUT2D eigenvalue weighted by atomic mass is 16.6. The summed E-state index contributed by atoms with van der Waals surface area (Å²) in [5.41, 5.74) is 0. The molecule has 0 unspecified atom stereocenters. The highest BCUT2D eigenvalue weighted by Gasteiger charge is 2.19. The molecule has 0 rings (SSSR count). The molecule has 0 aromatic rings. The molecule has 6 heteroatoms. The topological polar surface area (TPSA) is 78.9 Å². The van der Waals surface area contributed by atoms with Gasteiger partial charge in [-0.05, 0) is 135 Å². The predicted molar refractivity (Wildman–Crippen MR) is 316 cm³/mol. The molecule has 1 atom stereocenters. The lowest BCUT2D eigenvalue weighted by Crippen LogP contribution is -2.30. The van der Waals surface area contributed by atoms with E-state index in [9.17, 15) is 14.4 Å². The van der Waals surface area contributed by atoms with Crippen molar-refractivity contribution in [1.29, 1.82) is 0 Å². The molecule has 73 heavy (non-hydrogen) atoms. The average Bonchev–Trinajstić information content (AvgIpc) is 3.39.